The molecular formula is C13H16O4. The highest BCUT2D eigenvalue weighted by Gasteiger charge is 2.29. The van der Waals surface area contributed by atoms with Crippen LogP contribution in [0.3, 0.4) is 0 Å². The minimum absolute atomic E-state index is 0.184. The molecule has 1 aromatic rings. The van der Waals surface area contributed by atoms with Crippen molar-refractivity contribution in [2.45, 2.75) is 19.8 Å². The van der Waals surface area contributed by atoms with Crippen LogP contribution in [-0.4, -0.2) is 23.7 Å². The molecular weight excluding hydrogens is 220 g/mol. The predicted octanol–water partition coefficient (Wildman–Crippen LogP) is 2.05. The molecule has 0 aliphatic heterocycles. The molecule has 1 N–H and O–H groups in total. The van der Waals surface area contributed by atoms with Gasteiger partial charge in [-0.15, -0.1) is 0 Å². The van der Waals surface area contributed by atoms with Crippen molar-refractivity contribution in [2.75, 3.05) is 6.61 Å². The van der Waals surface area contributed by atoms with Crippen molar-refractivity contribution < 1.29 is 19.4 Å². The Kier molecular flexibility index (Phi) is 4.69. The molecule has 4 nitrogen and oxygen atoms in total. The van der Waals surface area contributed by atoms with E-state index in [1.54, 1.807) is 30.3 Å². The van der Waals surface area contributed by atoms with E-state index in [1.165, 1.54) is 0 Å². The highest BCUT2D eigenvalue weighted by atomic mass is 16.5. The zero-order chi connectivity index (χ0) is 12.8. The molecule has 0 spiro atoms. The molecule has 0 aliphatic rings. The Morgan fingerprint density at radius 1 is 1.24 bits per heavy atom. The van der Waals surface area contributed by atoms with Crippen LogP contribution in [0, 0.1) is 5.92 Å². The topological polar surface area (TPSA) is 63.6 Å². The van der Waals surface area contributed by atoms with E-state index < -0.39 is 17.9 Å². The zero-order valence-electron chi connectivity index (χ0n) is 9.92. The van der Waals surface area contributed by atoms with Gasteiger partial charge in [0.25, 0.3) is 0 Å². The minimum atomic E-state index is -1.24. The second kappa shape index (κ2) is 6.03. The van der Waals surface area contributed by atoms with Gasteiger partial charge in [0.2, 0.25) is 0 Å². The van der Waals surface area contributed by atoms with Crippen LogP contribution >= 0.6 is 0 Å². The van der Waals surface area contributed by atoms with Crippen LogP contribution in [0.1, 0.15) is 25.3 Å². The van der Waals surface area contributed by atoms with E-state index in [2.05, 4.69) is 0 Å². The summed E-state index contributed by atoms with van der Waals surface area (Å²) in [6, 6.07) is 8.37. The first-order chi connectivity index (χ1) is 8.02. The van der Waals surface area contributed by atoms with E-state index in [0.717, 1.165) is 0 Å². The standard InChI is InChI=1S/C13H16O4/c1-9(2)8-17-13(16)11(12(14)15)10-6-4-3-5-7-10/h3-7,9,11H,8H2,1-2H3,(H,14,15)/t11-/m1/s1. The molecule has 0 heterocycles. The van der Waals surface area contributed by atoms with Gasteiger partial charge in [-0.1, -0.05) is 44.2 Å². The number of hydrogen-bond donors (Lipinski definition) is 1. The number of esters is 1. The number of benzene rings is 1. The molecule has 0 saturated heterocycles. The molecule has 92 valence electrons. The van der Waals surface area contributed by atoms with Crippen molar-refractivity contribution in [1.82, 2.24) is 0 Å². The van der Waals surface area contributed by atoms with Gasteiger partial charge in [-0.25, -0.2) is 0 Å². The molecule has 1 rings (SSSR count). The zero-order valence-corrected chi connectivity index (χ0v) is 9.92. The number of rotatable bonds is 5. The maximum absolute atomic E-state index is 11.7. The summed E-state index contributed by atoms with van der Waals surface area (Å²) >= 11 is 0. The Bertz CT molecular complexity index is 384. The van der Waals surface area contributed by atoms with Crippen LogP contribution in [0.15, 0.2) is 30.3 Å². The number of aliphatic carboxylic acids is 1. The molecule has 1 aromatic carbocycles. The lowest BCUT2D eigenvalue weighted by Gasteiger charge is -2.13. The van der Waals surface area contributed by atoms with Crippen LogP contribution in [0.2, 0.25) is 0 Å². The summed E-state index contributed by atoms with van der Waals surface area (Å²) in [7, 11) is 0. The van der Waals surface area contributed by atoms with Crippen LogP contribution in [0.25, 0.3) is 0 Å². The average Bonchev–Trinajstić information content (AvgIpc) is 2.27. The summed E-state index contributed by atoms with van der Waals surface area (Å²) < 4.78 is 4.96. The average molecular weight is 236 g/mol. The molecule has 17 heavy (non-hydrogen) atoms. The number of carboxylic acids is 1. The molecule has 0 unspecified atom stereocenters. The van der Waals surface area contributed by atoms with Crippen LogP contribution in [-0.2, 0) is 14.3 Å². The molecule has 0 saturated carbocycles. The Morgan fingerprint density at radius 2 is 1.82 bits per heavy atom. The minimum Gasteiger partial charge on any atom is -0.480 e. The number of carbonyl (C=O) groups excluding carboxylic acids is 1. The first kappa shape index (κ1) is 13.2. The van der Waals surface area contributed by atoms with E-state index >= 15 is 0 Å². The monoisotopic (exact) mass is 236 g/mol. The highest BCUT2D eigenvalue weighted by molar-refractivity contribution is 5.99. The third-order valence-electron chi connectivity index (χ3n) is 2.17. The van der Waals surface area contributed by atoms with Crippen LogP contribution < -0.4 is 0 Å². The van der Waals surface area contributed by atoms with Gasteiger partial charge < -0.3 is 9.84 Å². The van der Waals surface area contributed by atoms with E-state index in [9.17, 15) is 9.59 Å². The fourth-order valence-electron chi connectivity index (χ4n) is 1.36. The molecule has 4 heteroatoms. The first-order valence-corrected chi connectivity index (χ1v) is 5.46. The molecule has 0 aliphatic carbocycles. The number of hydrogen-bond acceptors (Lipinski definition) is 3. The largest absolute Gasteiger partial charge is 0.480 e. The van der Waals surface area contributed by atoms with Crippen LogP contribution in [0.4, 0.5) is 0 Å². The normalized spacial score (nSPS) is 12.2. The maximum atomic E-state index is 11.7. The third kappa shape index (κ3) is 3.90. The Hall–Kier alpha value is -1.84. The fraction of sp³-hybridized carbons (Fsp3) is 0.385. The quantitative estimate of drug-likeness (QED) is 0.627. The molecule has 0 bridgehead atoms. The Balaban J connectivity index is 2.80. The van der Waals surface area contributed by atoms with Crippen molar-refractivity contribution >= 4 is 11.9 Å². The smallest absolute Gasteiger partial charge is 0.324 e. The maximum Gasteiger partial charge on any atom is 0.324 e. The Morgan fingerprint density at radius 3 is 2.29 bits per heavy atom. The summed E-state index contributed by atoms with van der Waals surface area (Å²) in [6.45, 7) is 4.02. The second-order valence-corrected chi connectivity index (χ2v) is 4.21. The van der Waals surface area contributed by atoms with E-state index in [1.807, 2.05) is 13.8 Å². The third-order valence-corrected chi connectivity index (χ3v) is 2.17. The molecule has 0 fully saturated rings. The lowest BCUT2D eigenvalue weighted by atomic mass is 10.00. The SMILES string of the molecule is CC(C)COC(=O)[C@@H](C(=O)O)c1ccccc1. The number of carbonyl (C=O) groups is 2. The van der Waals surface area contributed by atoms with Gasteiger partial charge in [-0.3, -0.25) is 9.59 Å². The first-order valence-electron chi connectivity index (χ1n) is 5.46. The van der Waals surface area contributed by atoms with Gasteiger partial charge in [-0.05, 0) is 11.5 Å². The number of carboxylic acid groups (broad SMARTS) is 1. The molecule has 1 atom stereocenters. The van der Waals surface area contributed by atoms with Crippen molar-refractivity contribution in [3.8, 4) is 0 Å². The summed E-state index contributed by atoms with van der Waals surface area (Å²) in [5.41, 5.74) is 0.439. The van der Waals surface area contributed by atoms with Gasteiger partial charge in [0, 0.05) is 0 Å². The molecule has 0 amide bonds. The van der Waals surface area contributed by atoms with Crippen molar-refractivity contribution in [2.24, 2.45) is 5.92 Å². The van der Waals surface area contributed by atoms with Gasteiger partial charge in [0.05, 0.1) is 6.61 Å². The fourth-order valence-corrected chi connectivity index (χ4v) is 1.36. The molecule has 0 aromatic heterocycles. The lowest BCUT2D eigenvalue weighted by molar-refractivity contribution is -0.154. The van der Waals surface area contributed by atoms with Gasteiger partial charge in [0.1, 0.15) is 0 Å². The molecule has 0 radical (unpaired) electrons. The summed E-state index contributed by atoms with van der Waals surface area (Å²) in [5.74, 6) is -2.96. The van der Waals surface area contributed by atoms with Crippen molar-refractivity contribution in [3.63, 3.8) is 0 Å². The second-order valence-electron chi connectivity index (χ2n) is 4.21. The van der Waals surface area contributed by atoms with Crippen molar-refractivity contribution in [3.05, 3.63) is 35.9 Å². The van der Waals surface area contributed by atoms with Gasteiger partial charge >= 0.3 is 11.9 Å². The predicted molar refractivity (Wildman–Crippen MR) is 62.6 cm³/mol. The lowest BCUT2D eigenvalue weighted by Crippen LogP contribution is -2.25. The summed E-state index contributed by atoms with van der Waals surface area (Å²) in [4.78, 5) is 22.8. The van der Waals surface area contributed by atoms with E-state index in [0.29, 0.717) is 5.56 Å². The van der Waals surface area contributed by atoms with E-state index in [-0.39, 0.29) is 12.5 Å². The number of ether oxygens (including phenoxy) is 1. The summed E-state index contributed by atoms with van der Waals surface area (Å²) in [6.07, 6.45) is 0. The summed E-state index contributed by atoms with van der Waals surface area (Å²) in [5, 5.41) is 9.06. The van der Waals surface area contributed by atoms with Crippen molar-refractivity contribution in [1.29, 1.82) is 0 Å². The van der Waals surface area contributed by atoms with Gasteiger partial charge in [0.15, 0.2) is 5.92 Å². The Labute approximate surface area is 100 Å². The van der Waals surface area contributed by atoms with Crippen LogP contribution in [0.5, 0.6) is 0 Å². The van der Waals surface area contributed by atoms with Gasteiger partial charge in [-0.2, -0.15) is 0 Å². The highest BCUT2D eigenvalue weighted by Crippen LogP contribution is 2.17. The van der Waals surface area contributed by atoms with E-state index in [4.69, 9.17) is 9.84 Å².